The normalized spacial score (nSPS) is 10.8. The Kier molecular flexibility index (Phi) is 5.59. The van der Waals surface area contributed by atoms with Crippen LogP contribution in [0.3, 0.4) is 0 Å². The van der Waals surface area contributed by atoms with Gasteiger partial charge in [0.2, 0.25) is 5.91 Å². The minimum Gasteiger partial charge on any atom is -0.441 e. The molecule has 0 bridgehead atoms. The monoisotopic (exact) mass is 374 g/mol. The summed E-state index contributed by atoms with van der Waals surface area (Å²) in [5.74, 6) is -1.48. The molecule has 0 saturated carbocycles. The number of halogens is 3. The molecule has 1 amide bonds. The molecule has 0 atom stereocenters. The second kappa shape index (κ2) is 8.07. The first kappa shape index (κ1) is 18.7. The molecule has 1 N–H and O–H groups in total. The summed E-state index contributed by atoms with van der Waals surface area (Å²) in [6, 6.07) is 7.81. The number of oxazole rings is 1. The largest absolute Gasteiger partial charge is 0.441 e. The molecule has 0 unspecified atom stereocenters. The van der Waals surface area contributed by atoms with Gasteiger partial charge in [-0.15, -0.1) is 0 Å². The van der Waals surface area contributed by atoms with Gasteiger partial charge >= 0.3 is 0 Å². The third kappa shape index (κ3) is 4.75. The first-order valence-electron chi connectivity index (χ1n) is 8.34. The molecule has 140 valence electrons. The Morgan fingerprint density at radius 1 is 1.11 bits per heavy atom. The number of hydrogen-bond acceptors (Lipinski definition) is 3. The third-order valence-electron chi connectivity index (χ3n) is 4.03. The number of aromatic nitrogens is 1. The average Bonchev–Trinajstić information content (AvgIpc) is 3.09. The van der Waals surface area contributed by atoms with Crippen LogP contribution in [0.4, 0.5) is 13.2 Å². The van der Waals surface area contributed by atoms with Crippen molar-refractivity contribution in [3.8, 4) is 11.3 Å². The van der Waals surface area contributed by atoms with Crippen molar-refractivity contribution in [3.63, 3.8) is 0 Å². The lowest BCUT2D eigenvalue weighted by Crippen LogP contribution is -2.23. The number of carbonyl (C=O) groups is 1. The number of hydrogen-bond donors (Lipinski definition) is 1. The van der Waals surface area contributed by atoms with Crippen molar-refractivity contribution >= 4 is 5.91 Å². The lowest BCUT2D eigenvalue weighted by atomic mass is 10.1. The van der Waals surface area contributed by atoms with Crippen LogP contribution in [0.5, 0.6) is 0 Å². The van der Waals surface area contributed by atoms with E-state index in [-0.39, 0.29) is 48.3 Å². The van der Waals surface area contributed by atoms with E-state index >= 15 is 0 Å². The van der Waals surface area contributed by atoms with E-state index < -0.39 is 11.6 Å². The molecule has 7 heteroatoms. The van der Waals surface area contributed by atoms with Crippen LogP contribution < -0.4 is 5.32 Å². The van der Waals surface area contributed by atoms with E-state index in [1.54, 1.807) is 19.1 Å². The highest BCUT2D eigenvalue weighted by Crippen LogP contribution is 2.24. The minimum atomic E-state index is -0.745. The van der Waals surface area contributed by atoms with Gasteiger partial charge in [-0.2, -0.15) is 0 Å². The molecular weight excluding hydrogens is 357 g/mol. The molecule has 3 aromatic rings. The predicted octanol–water partition coefficient (Wildman–Crippen LogP) is 4.32. The molecule has 1 aromatic heterocycles. The summed E-state index contributed by atoms with van der Waals surface area (Å²) in [7, 11) is 0. The molecule has 2 aromatic carbocycles. The summed E-state index contributed by atoms with van der Waals surface area (Å²) in [6.45, 7) is 1.95. The SMILES string of the molecule is Cc1cc(CNC(=O)CCc2ncc(-c3ccc(F)cc3F)o2)ccc1F. The summed E-state index contributed by atoms with van der Waals surface area (Å²) >= 11 is 0. The van der Waals surface area contributed by atoms with E-state index in [1.807, 2.05) is 0 Å². The standard InChI is InChI=1S/C20H17F3N2O2/c1-12-8-13(2-5-16(12)22)10-24-19(26)6-7-20-25-11-18(27-20)15-4-3-14(21)9-17(15)23/h2-5,8-9,11H,6-7,10H2,1H3,(H,24,26). The van der Waals surface area contributed by atoms with Crippen LogP contribution in [0, 0.1) is 24.4 Å². The molecule has 4 nitrogen and oxygen atoms in total. The molecule has 0 radical (unpaired) electrons. The van der Waals surface area contributed by atoms with Gasteiger partial charge in [0.1, 0.15) is 17.5 Å². The lowest BCUT2D eigenvalue weighted by Gasteiger charge is -2.06. The van der Waals surface area contributed by atoms with Crippen molar-refractivity contribution in [1.82, 2.24) is 10.3 Å². The number of nitrogens with one attached hydrogen (secondary N) is 1. The highest BCUT2D eigenvalue weighted by atomic mass is 19.1. The quantitative estimate of drug-likeness (QED) is 0.699. The van der Waals surface area contributed by atoms with Crippen LogP contribution in [0.15, 0.2) is 47.0 Å². The molecule has 0 spiro atoms. The van der Waals surface area contributed by atoms with Crippen molar-refractivity contribution in [1.29, 1.82) is 0 Å². The fourth-order valence-electron chi connectivity index (χ4n) is 2.57. The number of aryl methyl sites for hydroxylation is 2. The zero-order valence-corrected chi connectivity index (χ0v) is 14.6. The Morgan fingerprint density at radius 3 is 2.67 bits per heavy atom. The lowest BCUT2D eigenvalue weighted by molar-refractivity contribution is -0.121. The van der Waals surface area contributed by atoms with E-state index in [4.69, 9.17) is 4.42 Å². The van der Waals surface area contributed by atoms with Crippen molar-refractivity contribution in [2.75, 3.05) is 0 Å². The Labute approximate surface area is 154 Å². The van der Waals surface area contributed by atoms with E-state index in [2.05, 4.69) is 10.3 Å². The Hall–Kier alpha value is -3.09. The number of nitrogens with zero attached hydrogens (tertiary/aromatic N) is 1. The summed E-state index contributed by atoms with van der Waals surface area (Å²) < 4.78 is 45.4. The average molecular weight is 374 g/mol. The van der Waals surface area contributed by atoms with Gasteiger partial charge in [-0.25, -0.2) is 18.2 Å². The van der Waals surface area contributed by atoms with E-state index in [0.717, 1.165) is 17.7 Å². The summed E-state index contributed by atoms with van der Waals surface area (Å²) in [4.78, 5) is 16.0. The van der Waals surface area contributed by atoms with Crippen LogP contribution in [-0.4, -0.2) is 10.9 Å². The zero-order valence-electron chi connectivity index (χ0n) is 14.6. The van der Waals surface area contributed by atoms with Gasteiger partial charge in [0.15, 0.2) is 11.7 Å². The van der Waals surface area contributed by atoms with Crippen molar-refractivity contribution in [2.45, 2.75) is 26.3 Å². The molecule has 27 heavy (non-hydrogen) atoms. The first-order chi connectivity index (χ1) is 12.9. The Balaban J connectivity index is 1.53. The van der Waals surface area contributed by atoms with Gasteiger partial charge in [-0.1, -0.05) is 12.1 Å². The molecule has 3 rings (SSSR count). The molecule has 0 aliphatic heterocycles. The van der Waals surface area contributed by atoms with Crippen LogP contribution in [-0.2, 0) is 17.8 Å². The molecule has 0 aliphatic carbocycles. The van der Waals surface area contributed by atoms with Crippen LogP contribution in [0.25, 0.3) is 11.3 Å². The van der Waals surface area contributed by atoms with Crippen LogP contribution in [0.2, 0.25) is 0 Å². The Morgan fingerprint density at radius 2 is 1.93 bits per heavy atom. The second-order valence-electron chi connectivity index (χ2n) is 6.10. The number of amides is 1. The molecule has 1 heterocycles. The minimum absolute atomic E-state index is 0.103. The summed E-state index contributed by atoms with van der Waals surface area (Å²) in [6.07, 6.45) is 1.70. The maximum atomic E-state index is 13.8. The first-order valence-corrected chi connectivity index (χ1v) is 8.34. The van der Waals surface area contributed by atoms with Crippen molar-refractivity contribution in [3.05, 3.63) is 77.1 Å². The van der Waals surface area contributed by atoms with Gasteiger partial charge in [0.25, 0.3) is 0 Å². The van der Waals surface area contributed by atoms with E-state index in [9.17, 15) is 18.0 Å². The maximum Gasteiger partial charge on any atom is 0.220 e. The van der Waals surface area contributed by atoms with Gasteiger partial charge in [-0.05, 0) is 36.2 Å². The second-order valence-corrected chi connectivity index (χ2v) is 6.10. The van der Waals surface area contributed by atoms with Gasteiger partial charge < -0.3 is 9.73 Å². The van der Waals surface area contributed by atoms with Crippen molar-refractivity contribution < 1.29 is 22.4 Å². The highest BCUT2D eigenvalue weighted by Gasteiger charge is 2.13. The van der Waals surface area contributed by atoms with Crippen LogP contribution in [0.1, 0.15) is 23.4 Å². The third-order valence-corrected chi connectivity index (χ3v) is 4.03. The fourth-order valence-corrected chi connectivity index (χ4v) is 2.57. The van der Waals surface area contributed by atoms with Gasteiger partial charge in [0.05, 0.1) is 11.8 Å². The highest BCUT2D eigenvalue weighted by molar-refractivity contribution is 5.76. The summed E-state index contributed by atoms with van der Waals surface area (Å²) in [5, 5.41) is 2.74. The van der Waals surface area contributed by atoms with Crippen LogP contribution >= 0.6 is 0 Å². The summed E-state index contributed by atoms with van der Waals surface area (Å²) in [5.41, 5.74) is 1.42. The van der Waals surface area contributed by atoms with Gasteiger partial charge in [-0.3, -0.25) is 4.79 Å². The Bertz CT molecular complexity index is 970. The van der Waals surface area contributed by atoms with E-state index in [1.165, 1.54) is 18.3 Å². The molecule has 0 aliphatic rings. The van der Waals surface area contributed by atoms with E-state index in [0.29, 0.717) is 5.56 Å². The number of benzene rings is 2. The zero-order chi connectivity index (χ0) is 19.4. The number of carbonyl (C=O) groups excluding carboxylic acids is 1. The molecule has 0 fully saturated rings. The molecular formula is C20H17F3N2O2. The fraction of sp³-hybridized carbons (Fsp3) is 0.200. The van der Waals surface area contributed by atoms with Gasteiger partial charge in [0, 0.05) is 25.5 Å². The smallest absolute Gasteiger partial charge is 0.220 e. The predicted molar refractivity (Wildman–Crippen MR) is 93.2 cm³/mol. The maximum absolute atomic E-state index is 13.8. The topological polar surface area (TPSA) is 55.1 Å². The number of rotatable bonds is 6. The van der Waals surface area contributed by atoms with Crippen molar-refractivity contribution in [2.24, 2.45) is 0 Å². The molecule has 0 saturated heterocycles.